The Kier molecular flexibility index (Phi) is 7.36. The Morgan fingerprint density at radius 1 is 1.07 bits per heavy atom. The van der Waals surface area contributed by atoms with E-state index in [1.165, 1.54) is 23.8 Å². The molecule has 2 atom stereocenters. The van der Waals surface area contributed by atoms with Crippen molar-refractivity contribution in [2.45, 2.75) is 26.2 Å². The third kappa shape index (κ3) is 7.02. The van der Waals surface area contributed by atoms with Crippen molar-refractivity contribution in [1.29, 1.82) is 0 Å². The van der Waals surface area contributed by atoms with Gasteiger partial charge in [0.25, 0.3) is 0 Å². The lowest BCUT2D eigenvalue weighted by Crippen LogP contribution is -2.35. The maximum absolute atomic E-state index is 13.2. The average molecular weight is 392 g/mol. The predicted octanol–water partition coefficient (Wildman–Crippen LogP) is 3.51. The van der Waals surface area contributed by atoms with Crippen LogP contribution in [0.4, 0.5) is 10.1 Å². The number of carbonyl (C=O) groups is 1. The number of benzene rings is 2. The van der Waals surface area contributed by atoms with Crippen LogP contribution < -0.4 is 10.0 Å². The van der Waals surface area contributed by atoms with Crippen molar-refractivity contribution >= 4 is 21.6 Å². The zero-order valence-electron chi connectivity index (χ0n) is 15.5. The number of amides is 1. The maximum Gasteiger partial charge on any atom is 0.233 e. The third-order valence-corrected chi connectivity index (χ3v) is 5.75. The van der Waals surface area contributed by atoms with Gasteiger partial charge in [0.05, 0.1) is 17.4 Å². The second kappa shape index (κ2) is 9.50. The highest BCUT2D eigenvalue weighted by Gasteiger charge is 2.21. The minimum atomic E-state index is -3.76. The molecule has 0 saturated heterocycles. The molecule has 2 aromatic rings. The zero-order chi connectivity index (χ0) is 19.9. The van der Waals surface area contributed by atoms with Gasteiger partial charge >= 0.3 is 0 Å². The molecule has 2 unspecified atom stereocenters. The van der Waals surface area contributed by atoms with Crippen LogP contribution in [-0.2, 0) is 14.8 Å². The van der Waals surface area contributed by atoms with Gasteiger partial charge in [0, 0.05) is 6.54 Å². The van der Waals surface area contributed by atoms with Gasteiger partial charge in [-0.1, -0.05) is 50.2 Å². The van der Waals surface area contributed by atoms with Gasteiger partial charge in [-0.05, 0) is 36.1 Å². The molecule has 2 rings (SSSR count). The van der Waals surface area contributed by atoms with E-state index in [2.05, 4.69) is 17.0 Å². The fourth-order valence-corrected chi connectivity index (χ4v) is 4.09. The highest BCUT2D eigenvalue weighted by Crippen LogP contribution is 2.17. The first-order valence-electron chi connectivity index (χ1n) is 8.85. The Labute approximate surface area is 160 Å². The zero-order valence-corrected chi connectivity index (χ0v) is 16.3. The molecule has 0 aliphatic heterocycles. The molecule has 0 radical (unpaired) electrons. The van der Waals surface area contributed by atoms with Crippen LogP contribution in [0.5, 0.6) is 0 Å². The van der Waals surface area contributed by atoms with Crippen molar-refractivity contribution in [2.24, 2.45) is 5.92 Å². The van der Waals surface area contributed by atoms with Crippen LogP contribution in [0, 0.1) is 11.7 Å². The van der Waals surface area contributed by atoms with E-state index in [-0.39, 0.29) is 17.3 Å². The molecule has 0 saturated carbocycles. The average Bonchev–Trinajstić information content (AvgIpc) is 2.61. The molecule has 0 aliphatic carbocycles. The van der Waals surface area contributed by atoms with Crippen molar-refractivity contribution in [3.63, 3.8) is 0 Å². The summed E-state index contributed by atoms with van der Waals surface area (Å²) in [6.07, 6.45) is 0.761. The largest absolute Gasteiger partial charge is 0.356 e. The number of rotatable bonds is 9. The van der Waals surface area contributed by atoms with E-state index in [9.17, 15) is 17.6 Å². The van der Waals surface area contributed by atoms with E-state index >= 15 is 0 Å². The van der Waals surface area contributed by atoms with Crippen LogP contribution in [0.25, 0.3) is 0 Å². The highest BCUT2D eigenvalue weighted by molar-refractivity contribution is 7.92. The van der Waals surface area contributed by atoms with Crippen LogP contribution in [-0.4, -0.2) is 26.6 Å². The Morgan fingerprint density at radius 2 is 1.78 bits per heavy atom. The van der Waals surface area contributed by atoms with Gasteiger partial charge in [-0.15, -0.1) is 0 Å². The maximum atomic E-state index is 13.2. The third-order valence-electron chi connectivity index (χ3n) is 4.26. The first kappa shape index (κ1) is 20.9. The molecule has 5 nitrogen and oxygen atoms in total. The molecule has 2 N–H and O–H groups in total. The molecule has 146 valence electrons. The molecule has 27 heavy (non-hydrogen) atoms. The number of hydrogen-bond acceptors (Lipinski definition) is 3. The summed E-state index contributed by atoms with van der Waals surface area (Å²) >= 11 is 0. The lowest BCUT2D eigenvalue weighted by Gasteiger charge is -2.16. The van der Waals surface area contributed by atoms with Gasteiger partial charge in [-0.2, -0.15) is 0 Å². The lowest BCUT2D eigenvalue weighted by molar-refractivity contribution is -0.123. The molecular formula is C20H25FN2O3S. The standard InChI is InChI=1S/C20H25FN2O3S/c1-15(17-7-4-3-5-8-17)11-12-22-20(24)16(2)14-27(25,26)23-19-10-6-9-18(21)13-19/h3-10,13,15-16,23H,11-12,14H2,1-2H3,(H,22,24). The van der Waals surface area contributed by atoms with Crippen LogP contribution in [0.1, 0.15) is 31.7 Å². The van der Waals surface area contributed by atoms with E-state index in [0.29, 0.717) is 12.5 Å². The summed E-state index contributed by atoms with van der Waals surface area (Å²) in [5.41, 5.74) is 1.33. The first-order chi connectivity index (χ1) is 12.8. The summed E-state index contributed by atoms with van der Waals surface area (Å²) < 4.78 is 39.8. The number of nitrogens with one attached hydrogen (secondary N) is 2. The van der Waals surface area contributed by atoms with E-state index in [4.69, 9.17) is 0 Å². The number of hydrogen-bond donors (Lipinski definition) is 2. The molecule has 0 heterocycles. The second-order valence-corrected chi connectivity index (χ2v) is 8.45. The first-order valence-corrected chi connectivity index (χ1v) is 10.5. The normalized spacial score (nSPS) is 13.6. The van der Waals surface area contributed by atoms with Gasteiger partial charge in [0.1, 0.15) is 5.82 Å². The van der Waals surface area contributed by atoms with Gasteiger partial charge in [0.15, 0.2) is 0 Å². The Balaban J connectivity index is 1.80. The summed E-state index contributed by atoms with van der Waals surface area (Å²) in [5, 5.41) is 2.79. The van der Waals surface area contributed by atoms with Crippen LogP contribution in [0.2, 0.25) is 0 Å². The van der Waals surface area contributed by atoms with Gasteiger partial charge in [-0.3, -0.25) is 9.52 Å². The smallest absolute Gasteiger partial charge is 0.233 e. The number of sulfonamides is 1. The molecule has 7 heteroatoms. The summed E-state index contributed by atoms with van der Waals surface area (Å²) in [7, 11) is -3.76. The Hall–Kier alpha value is -2.41. The molecule has 0 spiro atoms. The predicted molar refractivity (Wildman–Crippen MR) is 105 cm³/mol. The van der Waals surface area contributed by atoms with Crippen molar-refractivity contribution < 1.29 is 17.6 Å². The van der Waals surface area contributed by atoms with Crippen molar-refractivity contribution in [1.82, 2.24) is 5.32 Å². The fourth-order valence-electron chi connectivity index (χ4n) is 2.71. The summed E-state index contributed by atoms with van der Waals surface area (Å²) in [4.78, 5) is 12.2. The number of anilines is 1. The SMILES string of the molecule is CC(CS(=O)(=O)Nc1cccc(F)c1)C(=O)NCCC(C)c1ccccc1. The van der Waals surface area contributed by atoms with Crippen molar-refractivity contribution in [2.75, 3.05) is 17.0 Å². The molecule has 2 aromatic carbocycles. The molecule has 0 aliphatic rings. The molecular weight excluding hydrogens is 367 g/mol. The number of halogens is 1. The van der Waals surface area contributed by atoms with Crippen LogP contribution in [0.15, 0.2) is 54.6 Å². The Bertz CT molecular complexity index is 857. The van der Waals surface area contributed by atoms with E-state index < -0.39 is 21.8 Å². The summed E-state index contributed by atoms with van der Waals surface area (Å²) in [6, 6.07) is 15.2. The van der Waals surface area contributed by atoms with E-state index in [1.54, 1.807) is 6.92 Å². The van der Waals surface area contributed by atoms with Crippen molar-refractivity contribution in [3.8, 4) is 0 Å². The van der Waals surface area contributed by atoms with Crippen LogP contribution >= 0.6 is 0 Å². The van der Waals surface area contributed by atoms with Crippen LogP contribution in [0.3, 0.4) is 0 Å². The summed E-state index contributed by atoms with van der Waals surface area (Å²) in [6.45, 7) is 4.11. The Morgan fingerprint density at radius 3 is 2.44 bits per heavy atom. The minimum Gasteiger partial charge on any atom is -0.356 e. The molecule has 0 fully saturated rings. The highest BCUT2D eigenvalue weighted by atomic mass is 32.2. The second-order valence-electron chi connectivity index (χ2n) is 6.69. The lowest BCUT2D eigenvalue weighted by atomic mass is 9.98. The number of carbonyl (C=O) groups excluding carboxylic acids is 1. The fraction of sp³-hybridized carbons (Fsp3) is 0.350. The van der Waals surface area contributed by atoms with Gasteiger partial charge in [-0.25, -0.2) is 12.8 Å². The molecule has 0 bridgehead atoms. The van der Waals surface area contributed by atoms with E-state index in [1.807, 2.05) is 30.3 Å². The van der Waals surface area contributed by atoms with E-state index in [0.717, 1.165) is 12.5 Å². The minimum absolute atomic E-state index is 0.138. The molecule has 0 aromatic heterocycles. The monoisotopic (exact) mass is 392 g/mol. The van der Waals surface area contributed by atoms with Crippen molar-refractivity contribution in [3.05, 3.63) is 66.0 Å². The topological polar surface area (TPSA) is 75.3 Å². The van der Waals surface area contributed by atoms with Gasteiger partial charge < -0.3 is 5.32 Å². The molecule has 1 amide bonds. The summed E-state index contributed by atoms with van der Waals surface area (Å²) in [5.74, 6) is -1.65. The van der Waals surface area contributed by atoms with Gasteiger partial charge in [0.2, 0.25) is 15.9 Å². The quantitative estimate of drug-likeness (QED) is 0.686.